The fourth-order valence-corrected chi connectivity index (χ4v) is 4.27. The van der Waals surface area contributed by atoms with Crippen molar-refractivity contribution < 1.29 is 19.1 Å². The maximum absolute atomic E-state index is 12.7. The molecular formula is C18H28N2O4S. The molecule has 0 saturated heterocycles. The van der Waals surface area contributed by atoms with E-state index in [0.29, 0.717) is 43.2 Å². The summed E-state index contributed by atoms with van der Waals surface area (Å²) in [7, 11) is 3.27. The van der Waals surface area contributed by atoms with Crippen LogP contribution < -0.4 is 10.6 Å². The molecule has 0 unspecified atom stereocenters. The zero-order chi connectivity index (χ0) is 18.1. The molecule has 0 saturated carbocycles. The number of nitrogens with one attached hydrogen (secondary N) is 2. The van der Waals surface area contributed by atoms with Crippen molar-refractivity contribution in [2.45, 2.75) is 44.9 Å². The molecule has 0 aromatic carbocycles. The maximum Gasteiger partial charge on any atom is 0.254 e. The number of ether oxygens (including phenoxy) is 2. The molecule has 2 N–H and O–H groups in total. The summed E-state index contributed by atoms with van der Waals surface area (Å²) in [5.41, 5.74) is 1.78. The van der Waals surface area contributed by atoms with Gasteiger partial charge < -0.3 is 20.1 Å². The van der Waals surface area contributed by atoms with Gasteiger partial charge in [0, 0.05) is 45.3 Å². The van der Waals surface area contributed by atoms with Gasteiger partial charge in [-0.25, -0.2) is 0 Å². The van der Waals surface area contributed by atoms with E-state index in [1.807, 2.05) is 0 Å². The van der Waals surface area contributed by atoms with Crippen LogP contribution in [0.15, 0.2) is 0 Å². The van der Waals surface area contributed by atoms with Crippen LogP contribution in [0.2, 0.25) is 0 Å². The average Bonchev–Trinajstić information content (AvgIpc) is 2.96. The number of anilines is 1. The van der Waals surface area contributed by atoms with Gasteiger partial charge in [-0.05, 0) is 44.1 Å². The molecule has 1 aliphatic carbocycles. The fourth-order valence-electron chi connectivity index (χ4n) is 2.97. The van der Waals surface area contributed by atoms with E-state index in [2.05, 4.69) is 10.6 Å². The van der Waals surface area contributed by atoms with Crippen LogP contribution in [-0.4, -0.2) is 45.8 Å². The number of aryl methyl sites for hydroxylation is 1. The van der Waals surface area contributed by atoms with E-state index in [1.54, 1.807) is 25.6 Å². The van der Waals surface area contributed by atoms with Crippen molar-refractivity contribution in [2.24, 2.45) is 0 Å². The highest BCUT2D eigenvalue weighted by Gasteiger charge is 2.26. The Morgan fingerprint density at radius 3 is 2.56 bits per heavy atom. The summed E-state index contributed by atoms with van der Waals surface area (Å²) < 4.78 is 9.99. The highest BCUT2D eigenvalue weighted by Crippen LogP contribution is 2.38. The average molecular weight is 368 g/mol. The molecular weight excluding hydrogens is 340 g/mol. The first-order chi connectivity index (χ1) is 12.2. The number of fused-ring (bicyclic) bond motifs is 1. The van der Waals surface area contributed by atoms with Crippen LogP contribution in [0.4, 0.5) is 5.00 Å². The van der Waals surface area contributed by atoms with E-state index >= 15 is 0 Å². The second-order valence-electron chi connectivity index (χ2n) is 6.16. The summed E-state index contributed by atoms with van der Waals surface area (Å²) in [5, 5.41) is 6.59. The van der Waals surface area contributed by atoms with E-state index in [9.17, 15) is 9.59 Å². The lowest BCUT2D eigenvalue weighted by atomic mass is 9.95. The number of amides is 2. The van der Waals surface area contributed by atoms with Gasteiger partial charge in [0.05, 0.1) is 5.56 Å². The van der Waals surface area contributed by atoms with Crippen molar-refractivity contribution >= 4 is 28.2 Å². The predicted octanol–water partition coefficient (Wildman–Crippen LogP) is 2.76. The molecule has 1 heterocycles. The minimum Gasteiger partial charge on any atom is -0.385 e. The number of carbonyl (C=O) groups is 2. The maximum atomic E-state index is 12.7. The summed E-state index contributed by atoms with van der Waals surface area (Å²) in [6, 6.07) is 0. The number of rotatable bonds is 10. The quantitative estimate of drug-likeness (QED) is 0.623. The Hall–Kier alpha value is -1.44. The zero-order valence-corrected chi connectivity index (χ0v) is 15.9. The van der Waals surface area contributed by atoms with Crippen LogP contribution in [0.5, 0.6) is 0 Å². The molecule has 0 spiro atoms. The van der Waals surface area contributed by atoms with Crippen molar-refractivity contribution in [3.8, 4) is 0 Å². The van der Waals surface area contributed by atoms with Crippen LogP contribution in [-0.2, 0) is 27.1 Å². The third kappa shape index (κ3) is 5.80. The lowest BCUT2D eigenvalue weighted by Gasteiger charge is -2.13. The Kier molecular flexibility index (Phi) is 8.37. The summed E-state index contributed by atoms with van der Waals surface area (Å²) in [6.45, 7) is 1.74. The summed E-state index contributed by atoms with van der Waals surface area (Å²) in [6.07, 6.45) is 5.97. The van der Waals surface area contributed by atoms with Crippen molar-refractivity contribution in [3.05, 3.63) is 16.0 Å². The van der Waals surface area contributed by atoms with Crippen molar-refractivity contribution in [1.29, 1.82) is 0 Å². The monoisotopic (exact) mass is 368 g/mol. The molecule has 1 aromatic rings. The highest BCUT2D eigenvalue weighted by molar-refractivity contribution is 7.17. The van der Waals surface area contributed by atoms with E-state index in [1.165, 1.54) is 4.88 Å². The Balaban J connectivity index is 2.08. The van der Waals surface area contributed by atoms with Crippen molar-refractivity contribution in [3.63, 3.8) is 0 Å². The molecule has 1 aromatic heterocycles. The molecule has 1 aliphatic rings. The molecule has 2 rings (SSSR count). The highest BCUT2D eigenvalue weighted by atomic mass is 32.1. The van der Waals surface area contributed by atoms with Gasteiger partial charge in [-0.1, -0.05) is 0 Å². The minimum absolute atomic E-state index is 0.0657. The van der Waals surface area contributed by atoms with Crippen LogP contribution >= 0.6 is 11.3 Å². The molecule has 2 amide bonds. The molecule has 0 bridgehead atoms. The molecule has 0 atom stereocenters. The van der Waals surface area contributed by atoms with Crippen LogP contribution in [0.1, 0.15) is 52.9 Å². The number of hydrogen-bond donors (Lipinski definition) is 2. The first kappa shape index (κ1) is 19.9. The molecule has 0 aliphatic heterocycles. The Bertz CT molecular complexity index is 586. The fraction of sp³-hybridized carbons (Fsp3) is 0.667. The van der Waals surface area contributed by atoms with Gasteiger partial charge in [-0.3, -0.25) is 9.59 Å². The Morgan fingerprint density at radius 2 is 1.80 bits per heavy atom. The van der Waals surface area contributed by atoms with E-state index in [4.69, 9.17) is 9.47 Å². The zero-order valence-electron chi connectivity index (χ0n) is 15.1. The molecule has 25 heavy (non-hydrogen) atoms. The third-order valence-corrected chi connectivity index (χ3v) is 5.42. The van der Waals surface area contributed by atoms with Crippen LogP contribution in [0, 0.1) is 0 Å². The van der Waals surface area contributed by atoms with Gasteiger partial charge in [0.25, 0.3) is 5.91 Å². The second-order valence-corrected chi connectivity index (χ2v) is 7.27. The summed E-state index contributed by atoms with van der Waals surface area (Å²) in [5.74, 6) is -0.160. The van der Waals surface area contributed by atoms with Gasteiger partial charge in [-0.2, -0.15) is 0 Å². The van der Waals surface area contributed by atoms with Gasteiger partial charge >= 0.3 is 0 Å². The molecule has 0 fully saturated rings. The van der Waals surface area contributed by atoms with E-state index in [0.717, 1.165) is 37.7 Å². The van der Waals surface area contributed by atoms with Crippen LogP contribution in [0.25, 0.3) is 0 Å². The first-order valence-electron chi connectivity index (χ1n) is 8.87. The molecule has 0 radical (unpaired) electrons. The number of hydrogen-bond acceptors (Lipinski definition) is 5. The number of carbonyl (C=O) groups excluding carboxylic acids is 2. The van der Waals surface area contributed by atoms with E-state index in [-0.39, 0.29) is 11.8 Å². The molecule has 140 valence electrons. The summed E-state index contributed by atoms with van der Waals surface area (Å²) in [4.78, 5) is 26.1. The Labute approximate surface area is 153 Å². The number of thiophene rings is 1. The van der Waals surface area contributed by atoms with Crippen molar-refractivity contribution in [2.75, 3.05) is 39.3 Å². The van der Waals surface area contributed by atoms with Gasteiger partial charge in [0.15, 0.2) is 0 Å². The molecule has 6 nitrogen and oxygen atoms in total. The smallest absolute Gasteiger partial charge is 0.254 e. The van der Waals surface area contributed by atoms with Gasteiger partial charge in [0.2, 0.25) is 5.91 Å². The minimum atomic E-state index is -0.0947. The molecule has 7 heteroatoms. The lowest BCUT2D eigenvalue weighted by molar-refractivity contribution is -0.116. The van der Waals surface area contributed by atoms with Crippen molar-refractivity contribution in [1.82, 2.24) is 5.32 Å². The standard InChI is InChI=1S/C18H28N2O4S/c1-23-11-5-9-15(21)20-18-16(17(22)19-10-6-12-24-2)13-7-3-4-8-14(13)25-18/h3-12H2,1-2H3,(H,19,22)(H,20,21). The third-order valence-electron chi connectivity index (χ3n) is 4.21. The summed E-state index contributed by atoms with van der Waals surface area (Å²) >= 11 is 1.55. The number of methoxy groups -OCH3 is 2. The topological polar surface area (TPSA) is 76.7 Å². The second kappa shape index (κ2) is 10.5. The lowest BCUT2D eigenvalue weighted by Crippen LogP contribution is -2.27. The normalized spacial score (nSPS) is 13.4. The largest absolute Gasteiger partial charge is 0.385 e. The predicted molar refractivity (Wildman–Crippen MR) is 99.5 cm³/mol. The van der Waals surface area contributed by atoms with Gasteiger partial charge in [-0.15, -0.1) is 11.3 Å². The first-order valence-corrected chi connectivity index (χ1v) is 9.69. The SMILES string of the molecule is COCCCNC(=O)c1c(NC(=O)CCCOC)sc2c1CCCC2. The van der Waals surface area contributed by atoms with Crippen LogP contribution in [0.3, 0.4) is 0 Å². The Morgan fingerprint density at radius 1 is 1.08 bits per heavy atom. The van der Waals surface area contributed by atoms with E-state index < -0.39 is 0 Å². The van der Waals surface area contributed by atoms with Gasteiger partial charge in [0.1, 0.15) is 5.00 Å².